The summed E-state index contributed by atoms with van der Waals surface area (Å²) in [6, 6.07) is 1.61. The minimum Gasteiger partial charge on any atom is -0.314 e. The molecule has 0 aromatic heterocycles. The molecule has 0 spiro atoms. The molecule has 0 atom stereocenters. The van der Waals surface area contributed by atoms with Gasteiger partial charge in [-0.25, -0.2) is 4.79 Å². The fourth-order valence-corrected chi connectivity index (χ4v) is 1.02. The Labute approximate surface area is 70.2 Å². The van der Waals surface area contributed by atoms with E-state index in [0.717, 1.165) is 4.90 Å². The molecule has 0 aromatic carbocycles. The van der Waals surface area contributed by atoms with Crippen molar-refractivity contribution < 1.29 is 9.59 Å². The zero-order chi connectivity index (χ0) is 9.14. The molecule has 1 aliphatic heterocycles. The van der Waals surface area contributed by atoms with Crippen LogP contribution in [0, 0.1) is 11.3 Å². The zero-order valence-corrected chi connectivity index (χ0v) is 6.78. The van der Waals surface area contributed by atoms with E-state index in [1.165, 1.54) is 11.9 Å². The van der Waals surface area contributed by atoms with Gasteiger partial charge in [-0.3, -0.25) is 9.69 Å². The molecule has 3 amide bonds. The largest absolute Gasteiger partial charge is 0.326 e. The van der Waals surface area contributed by atoms with Crippen LogP contribution in [0.4, 0.5) is 4.79 Å². The molecule has 1 aliphatic rings. The highest BCUT2D eigenvalue weighted by molar-refractivity contribution is 6.01. The summed E-state index contributed by atoms with van der Waals surface area (Å²) < 4.78 is 0. The van der Waals surface area contributed by atoms with Crippen molar-refractivity contribution in [2.24, 2.45) is 0 Å². The first-order valence-corrected chi connectivity index (χ1v) is 3.59. The Morgan fingerprint density at radius 1 is 1.58 bits per heavy atom. The van der Waals surface area contributed by atoms with Gasteiger partial charge >= 0.3 is 6.03 Å². The van der Waals surface area contributed by atoms with Crippen LogP contribution in [0.15, 0.2) is 0 Å². The zero-order valence-electron chi connectivity index (χ0n) is 6.78. The van der Waals surface area contributed by atoms with E-state index in [4.69, 9.17) is 5.26 Å². The lowest BCUT2D eigenvalue weighted by atomic mass is 10.4. The van der Waals surface area contributed by atoms with Crippen LogP contribution in [0.2, 0.25) is 0 Å². The Hall–Kier alpha value is -1.57. The van der Waals surface area contributed by atoms with Gasteiger partial charge < -0.3 is 4.90 Å². The number of imide groups is 1. The van der Waals surface area contributed by atoms with Crippen molar-refractivity contribution >= 4 is 11.9 Å². The van der Waals surface area contributed by atoms with E-state index in [-0.39, 0.29) is 24.9 Å². The van der Waals surface area contributed by atoms with Crippen LogP contribution in [0.1, 0.15) is 6.42 Å². The van der Waals surface area contributed by atoms with Crippen LogP contribution in [-0.4, -0.2) is 41.9 Å². The molecule has 0 saturated carbocycles. The van der Waals surface area contributed by atoms with Crippen LogP contribution in [-0.2, 0) is 4.79 Å². The van der Waals surface area contributed by atoms with E-state index < -0.39 is 0 Å². The SMILES string of the molecule is CN1C(=O)CN(CCC#N)C1=O. The second kappa shape index (κ2) is 3.22. The number of hydrogen-bond donors (Lipinski definition) is 0. The van der Waals surface area contributed by atoms with E-state index in [1.807, 2.05) is 6.07 Å². The Morgan fingerprint density at radius 3 is 2.67 bits per heavy atom. The maximum Gasteiger partial charge on any atom is 0.326 e. The summed E-state index contributed by atoms with van der Waals surface area (Å²) in [6.45, 7) is 0.447. The number of nitriles is 1. The molecule has 5 heteroatoms. The molecule has 1 fully saturated rings. The van der Waals surface area contributed by atoms with Gasteiger partial charge in [0.15, 0.2) is 0 Å². The minimum atomic E-state index is -0.310. The predicted molar refractivity (Wildman–Crippen MR) is 40.0 cm³/mol. The van der Waals surface area contributed by atoms with E-state index >= 15 is 0 Å². The van der Waals surface area contributed by atoms with Crippen molar-refractivity contribution in [3.05, 3.63) is 0 Å². The number of urea groups is 1. The molecular formula is C7H9N3O2. The number of carbonyl (C=O) groups excluding carboxylic acids is 2. The van der Waals surface area contributed by atoms with Gasteiger partial charge in [0.05, 0.1) is 12.5 Å². The molecule has 0 aromatic rings. The second-order valence-corrected chi connectivity index (χ2v) is 2.56. The number of nitrogens with zero attached hydrogens (tertiary/aromatic N) is 3. The van der Waals surface area contributed by atoms with E-state index in [0.29, 0.717) is 6.54 Å². The molecule has 5 nitrogen and oxygen atoms in total. The van der Waals surface area contributed by atoms with Crippen LogP contribution >= 0.6 is 0 Å². The van der Waals surface area contributed by atoms with Crippen LogP contribution in [0.3, 0.4) is 0 Å². The normalized spacial score (nSPS) is 17.0. The smallest absolute Gasteiger partial charge is 0.314 e. The highest BCUT2D eigenvalue weighted by Crippen LogP contribution is 2.07. The summed E-state index contributed by atoms with van der Waals surface area (Å²) in [4.78, 5) is 24.5. The quantitative estimate of drug-likeness (QED) is 0.535. The summed E-state index contributed by atoms with van der Waals surface area (Å²) >= 11 is 0. The lowest BCUT2D eigenvalue weighted by Crippen LogP contribution is -2.30. The molecule has 64 valence electrons. The fraction of sp³-hybridized carbons (Fsp3) is 0.571. The molecule has 0 unspecified atom stereocenters. The average molecular weight is 167 g/mol. The van der Waals surface area contributed by atoms with Crippen LogP contribution in [0.5, 0.6) is 0 Å². The van der Waals surface area contributed by atoms with Crippen molar-refractivity contribution in [1.82, 2.24) is 9.80 Å². The first kappa shape index (κ1) is 8.53. The lowest BCUT2D eigenvalue weighted by Gasteiger charge is -2.11. The van der Waals surface area contributed by atoms with Crippen molar-refractivity contribution in [3.63, 3.8) is 0 Å². The number of amides is 3. The molecular weight excluding hydrogens is 158 g/mol. The van der Waals surface area contributed by atoms with Crippen molar-refractivity contribution in [2.45, 2.75) is 6.42 Å². The first-order chi connectivity index (χ1) is 5.66. The Balaban J connectivity index is 2.54. The lowest BCUT2D eigenvalue weighted by molar-refractivity contribution is -0.124. The van der Waals surface area contributed by atoms with Gasteiger partial charge in [-0.15, -0.1) is 0 Å². The van der Waals surface area contributed by atoms with Gasteiger partial charge in [-0.1, -0.05) is 0 Å². The van der Waals surface area contributed by atoms with E-state index in [1.54, 1.807) is 0 Å². The van der Waals surface area contributed by atoms with Crippen molar-refractivity contribution in [2.75, 3.05) is 20.1 Å². The van der Waals surface area contributed by atoms with Crippen LogP contribution < -0.4 is 0 Å². The standard InChI is InChI=1S/C7H9N3O2/c1-9-6(11)5-10(7(9)12)4-2-3-8/h2,4-5H2,1H3. The third-order valence-electron chi connectivity index (χ3n) is 1.75. The molecule has 1 rings (SSSR count). The molecule has 0 aliphatic carbocycles. The topological polar surface area (TPSA) is 64.4 Å². The van der Waals surface area contributed by atoms with Gasteiger partial charge in [0.25, 0.3) is 0 Å². The minimum absolute atomic E-state index is 0.108. The predicted octanol–water partition coefficient (Wildman–Crippen LogP) is -0.206. The molecule has 1 heterocycles. The van der Waals surface area contributed by atoms with Crippen molar-refractivity contribution in [3.8, 4) is 6.07 Å². The third kappa shape index (κ3) is 1.37. The summed E-state index contributed by atoms with van der Waals surface area (Å²) in [7, 11) is 1.44. The number of likely N-dealkylation sites (N-methyl/N-ethyl adjacent to an activating group) is 1. The van der Waals surface area contributed by atoms with Gasteiger partial charge in [-0.2, -0.15) is 5.26 Å². The average Bonchev–Trinajstić information content (AvgIpc) is 2.30. The third-order valence-corrected chi connectivity index (χ3v) is 1.75. The summed E-state index contributed by atoms with van der Waals surface area (Å²) in [5.74, 6) is -0.210. The fourth-order valence-electron chi connectivity index (χ4n) is 1.02. The summed E-state index contributed by atoms with van der Waals surface area (Å²) in [5.41, 5.74) is 0. The molecule has 0 N–H and O–H groups in total. The first-order valence-electron chi connectivity index (χ1n) is 3.59. The monoisotopic (exact) mass is 167 g/mol. The van der Waals surface area contributed by atoms with Gasteiger partial charge in [0.1, 0.15) is 6.54 Å². The summed E-state index contributed by atoms with van der Waals surface area (Å²) in [6.07, 6.45) is 0.271. The molecule has 0 radical (unpaired) electrons. The van der Waals surface area contributed by atoms with E-state index in [9.17, 15) is 9.59 Å². The van der Waals surface area contributed by atoms with Gasteiger partial charge in [0, 0.05) is 13.6 Å². The number of carbonyl (C=O) groups is 2. The maximum absolute atomic E-state index is 11.1. The highest BCUT2D eigenvalue weighted by Gasteiger charge is 2.32. The molecule has 12 heavy (non-hydrogen) atoms. The summed E-state index contributed by atoms with van der Waals surface area (Å²) in [5, 5.41) is 8.26. The van der Waals surface area contributed by atoms with Gasteiger partial charge in [-0.05, 0) is 0 Å². The van der Waals surface area contributed by atoms with E-state index in [2.05, 4.69) is 0 Å². The number of rotatable bonds is 2. The van der Waals surface area contributed by atoms with Gasteiger partial charge in [0.2, 0.25) is 5.91 Å². The maximum atomic E-state index is 11.1. The number of hydrogen-bond acceptors (Lipinski definition) is 3. The van der Waals surface area contributed by atoms with Crippen LogP contribution in [0.25, 0.3) is 0 Å². The Kier molecular flexibility index (Phi) is 2.29. The Morgan fingerprint density at radius 2 is 2.25 bits per heavy atom. The van der Waals surface area contributed by atoms with Crippen molar-refractivity contribution in [1.29, 1.82) is 5.26 Å². The second-order valence-electron chi connectivity index (χ2n) is 2.56. The Bertz CT molecular complexity index is 256. The molecule has 0 bridgehead atoms. The molecule has 1 saturated heterocycles. The highest BCUT2D eigenvalue weighted by atomic mass is 16.2.